The number of nitrogens with two attached hydrogens (primary N) is 1. The lowest BCUT2D eigenvalue weighted by Crippen LogP contribution is -2.28. The fourth-order valence-corrected chi connectivity index (χ4v) is 1.36. The van der Waals surface area contributed by atoms with Crippen molar-refractivity contribution >= 4 is 17.9 Å². The van der Waals surface area contributed by atoms with Crippen LogP contribution >= 0.6 is 0 Å². The van der Waals surface area contributed by atoms with Gasteiger partial charge < -0.3 is 10.5 Å². The topological polar surface area (TPSA) is 90.7 Å². The molecule has 0 saturated heterocycles. The summed E-state index contributed by atoms with van der Waals surface area (Å²) in [5.41, 5.74) is 8.74. The number of amides is 2. The zero-order valence-electron chi connectivity index (χ0n) is 10.8. The third-order valence-electron chi connectivity index (χ3n) is 2.19. The Morgan fingerprint density at radius 3 is 2.79 bits per heavy atom. The lowest BCUT2D eigenvalue weighted by molar-refractivity contribution is -0.134. The van der Waals surface area contributed by atoms with Crippen molar-refractivity contribution in [2.75, 3.05) is 13.7 Å². The molecule has 1 aromatic rings. The van der Waals surface area contributed by atoms with Crippen molar-refractivity contribution in [3.8, 4) is 5.75 Å². The minimum atomic E-state index is -0.662. The van der Waals surface area contributed by atoms with E-state index in [2.05, 4.69) is 10.3 Å². The van der Waals surface area contributed by atoms with Gasteiger partial charge in [0.2, 0.25) is 5.91 Å². The molecule has 0 radical (unpaired) electrons. The van der Waals surface area contributed by atoms with Crippen LogP contribution in [0.3, 0.4) is 0 Å². The van der Waals surface area contributed by atoms with Gasteiger partial charge in [0.15, 0.2) is 6.61 Å². The Hall–Kier alpha value is -2.34. The van der Waals surface area contributed by atoms with Crippen LogP contribution in [0.4, 0.5) is 0 Å². The number of benzene rings is 1. The molecule has 0 spiro atoms. The summed E-state index contributed by atoms with van der Waals surface area (Å²) in [4.78, 5) is 26.3. The Morgan fingerprint density at radius 1 is 1.42 bits per heavy atom. The first-order valence-electron chi connectivity index (χ1n) is 5.55. The third-order valence-corrected chi connectivity index (χ3v) is 2.19. The smallest absolute Gasteiger partial charge is 0.267 e. The predicted octanol–water partition coefficient (Wildman–Crippen LogP) is 0.550. The first-order chi connectivity index (χ1) is 9.02. The second-order valence-electron chi connectivity index (χ2n) is 3.80. The molecule has 1 rings (SSSR count). The van der Waals surface area contributed by atoms with Crippen LogP contribution in [0.2, 0.25) is 0 Å². The number of carbonyl (C=O) groups is 2. The second kappa shape index (κ2) is 7.17. The average Bonchev–Trinajstić information content (AvgIpc) is 2.36. The highest BCUT2D eigenvalue weighted by Crippen LogP contribution is 2.20. The van der Waals surface area contributed by atoms with Crippen LogP contribution in [0, 0.1) is 6.92 Å². The van der Waals surface area contributed by atoms with Crippen LogP contribution in [0.25, 0.3) is 6.08 Å². The Bertz CT molecular complexity index is 497. The van der Waals surface area contributed by atoms with Crippen LogP contribution < -0.4 is 16.0 Å². The summed E-state index contributed by atoms with van der Waals surface area (Å²) in [6, 6.07) is 5.61. The highest BCUT2D eigenvalue weighted by molar-refractivity contribution is 5.91. The molecule has 6 heteroatoms. The fourth-order valence-electron chi connectivity index (χ4n) is 1.36. The van der Waals surface area contributed by atoms with Gasteiger partial charge in [-0.25, -0.2) is 5.48 Å². The summed E-state index contributed by atoms with van der Waals surface area (Å²) < 4.78 is 5.17. The number of hydroxylamine groups is 1. The van der Waals surface area contributed by atoms with Crippen LogP contribution in [0.5, 0.6) is 5.75 Å². The molecule has 6 nitrogen and oxygen atoms in total. The van der Waals surface area contributed by atoms with E-state index in [4.69, 9.17) is 10.5 Å². The number of aryl methyl sites for hydroxylation is 1. The molecule has 0 heterocycles. The molecule has 0 atom stereocenters. The van der Waals surface area contributed by atoms with Gasteiger partial charge in [-0.2, -0.15) is 0 Å². The summed E-state index contributed by atoms with van der Waals surface area (Å²) in [5, 5.41) is 0. The van der Waals surface area contributed by atoms with Gasteiger partial charge in [-0.1, -0.05) is 11.6 Å². The van der Waals surface area contributed by atoms with Gasteiger partial charge in [0.25, 0.3) is 5.91 Å². The molecule has 0 aliphatic heterocycles. The van der Waals surface area contributed by atoms with E-state index in [1.165, 1.54) is 6.08 Å². The van der Waals surface area contributed by atoms with E-state index in [9.17, 15) is 9.59 Å². The van der Waals surface area contributed by atoms with Gasteiger partial charge in [-0.15, -0.1) is 0 Å². The number of carbonyl (C=O) groups excluding carboxylic acids is 2. The highest BCUT2D eigenvalue weighted by Gasteiger charge is 2.01. The maximum absolute atomic E-state index is 11.4. The first-order valence-corrected chi connectivity index (χ1v) is 5.55. The molecule has 0 aromatic heterocycles. The Kier molecular flexibility index (Phi) is 5.56. The van der Waals surface area contributed by atoms with Crippen molar-refractivity contribution in [3.63, 3.8) is 0 Å². The minimum Gasteiger partial charge on any atom is -0.496 e. The molecule has 102 valence electrons. The molecular formula is C13H16N2O4. The largest absolute Gasteiger partial charge is 0.496 e. The second-order valence-corrected chi connectivity index (χ2v) is 3.80. The summed E-state index contributed by atoms with van der Waals surface area (Å²) in [5.74, 6) is -0.498. The van der Waals surface area contributed by atoms with Crippen molar-refractivity contribution in [2.24, 2.45) is 5.73 Å². The maximum Gasteiger partial charge on any atom is 0.267 e. The number of ether oxygens (including phenoxy) is 1. The zero-order valence-corrected chi connectivity index (χ0v) is 10.8. The van der Waals surface area contributed by atoms with Gasteiger partial charge in [0.1, 0.15) is 5.75 Å². The Morgan fingerprint density at radius 2 is 2.16 bits per heavy atom. The monoisotopic (exact) mass is 264 g/mol. The van der Waals surface area contributed by atoms with Gasteiger partial charge in [0.05, 0.1) is 7.11 Å². The van der Waals surface area contributed by atoms with Gasteiger partial charge >= 0.3 is 0 Å². The predicted molar refractivity (Wildman–Crippen MR) is 70.1 cm³/mol. The Labute approximate surface area is 111 Å². The van der Waals surface area contributed by atoms with E-state index in [0.717, 1.165) is 11.1 Å². The lowest BCUT2D eigenvalue weighted by atomic mass is 10.1. The van der Waals surface area contributed by atoms with Gasteiger partial charge in [-0.3, -0.25) is 14.4 Å². The van der Waals surface area contributed by atoms with Crippen molar-refractivity contribution < 1.29 is 19.2 Å². The molecule has 19 heavy (non-hydrogen) atoms. The number of methoxy groups -OCH3 is 1. The summed E-state index contributed by atoms with van der Waals surface area (Å²) in [7, 11) is 1.55. The van der Waals surface area contributed by atoms with Crippen molar-refractivity contribution in [1.82, 2.24) is 5.48 Å². The molecule has 0 bridgehead atoms. The number of hydrogen-bond donors (Lipinski definition) is 2. The lowest BCUT2D eigenvalue weighted by Gasteiger charge is -2.05. The minimum absolute atomic E-state index is 0.368. The normalized spacial score (nSPS) is 10.4. The van der Waals surface area contributed by atoms with Crippen LogP contribution in [-0.2, 0) is 14.4 Å². The first kappa shape index (κ1) is 14.7. The van der Waals surface area contributed by atoms with Gasteiger partial charge in [-0.05, 0) is 25.1 Å². The average molecular weight is 264 g/mol. The SMILES string of the molecule is COc1ccc(C)cc1/C=C/C(=O)NOCC(N)=O. The molecular weight excluding hydrogens is 248 g/mol. The van der Waals surface area contributed by atoms with Crippen molar-refractivity contribution in [1.29, 1.82) is 0 Å². The van der Waals surface area contributed by atoms with Crippen LogP contribution in [0.15, 0.2) is 24.3 Å². The van der Waals surface area contributed by atoms with Crippen molar-refractivity contribution in [3.05, 3.63) is 35.4 Å². The summed E-state index contributed by atoms with van der Waals surface area (Å²) >= 11 is 0. The Balaban J connectivity index is 2.62. The molecule has 1 aromatic carbocycles. The highest BCUT2D eigenvalue weighted by atomic mass is 16.7. The molecule has 0 aliphatic rings. The number of rotatable bonds is 6. The van der Waals surface area contributed by atoms with Crippen LogP contribution in [0.1, 0.15) is 11.1 Å². The zero-order chi connectivity index (χ0) is 14.3. The van der Waals surface area contributed by atoms with E-state index in [1.54, 1.807) is 13.2 Å². The number of primary amides is 1. The maximum atomic E-state index is 11.4. The fraction of sp³-hybridized carbons (Fsp3) is 0.231. The summed E-state index contributed by atoms with van der Waals surface area (Å²) in [6.45, 7) is 1.57. The van der Waals surface area contributed by atoms with E-state index >= 15 is 0 Å². The number of nitrogens with one attached hydrogen (secondary N) is 1. The molecule has 0 fully saturated rings. The molecule has 0 saturated carbocycles. The third kappa shape index (κ3) is 5.22. The van der Waals surface area contributed by atoms with Crippen LogP contribution in [-0.4, -0.2) is 25.5 Å². The van der Waals surface area contributed by atoms with Gasteiger partial charge in [0, 0.05) is 11.6 Å². The van der Waals surface area contributed by atoms with E-state index in [0.29, 0.717) is 5.75 Å². The quantitative estimate of drug-likeness (QED) is 0.580. The standard InChI is InChI=1S/C13H16N2O4/c1-9-3-5-11(18-2)10(7-9)4-6-13(17)15-19-8-12(14)16/h3-7H,8H2,1-2H3,(H2,14,16)(H,15,17)/b6-4+. The number of hydrogen-bond acceptors (Lipinski definition) is 4. The molecule has 3 N–H and O–H groups in total. The van der Waals surface area contributed by atoms with E-state index in [1.807, 2.05) is 25.1 Å². The van der Waals surface area contributed by atoms with E-state index in [-0.39, 0.29) is 6.61 Å². The van der Waals surface area contributed by atoms with Crippen molar-refractivity contribution in [2.45, 2.75) is 6.92 Å². The molecule has 2 amide bonds. The molecule has 0 aliphatic carbocycles. The summed E-state index contributed by atoms with van der Waals surface area (Å²) in [6.07, 6.45) is 2.87. The molecule has 0 unspecified atom stereocenters. The van der Waals surface area contributed by atoms with E-state index < -0.39 is 11.8 Å².